The van der Waals surface area contributed by atoms with Crippen molar-refractivity contribution in [1.29, 1.82) is 0 Å². The fourth-order valence-electron chi connectivity index (χ4n) is 3.46. The number of carboxylic acid groups (broad SMARTS) is 1. The van der Waals surface area contributed by atoms with E-state index in [1.54, 1.807) is 0 Å². The van der Waals surface area contributed by atoms with Crippen molar-refractivity contribution < 1.29 is 47.2 Å². The van der Waals surface area contributed by atoms with Crippen molar-refractivity contribution in [1.82, 2.24) is 0 Å². The predicted octanol–water partition coefficient (Wildman–Crippen LogP) is 3.32. The van der Waals surface area contributed by atoms with Gasteiger partial charge in [0.2, 0.25) is 17.4 Å². The summed E-state index contributed by atoms with van der Waals surface area (Å²) in [4.78, 5) is 22.1. The number of ether oxygens (including phenoxy) is 1. The lowest BCUT2D eigenvalue weighted by molar-refractivity contribution is -0.143. The molecule has 2 saturated carbocycles. The van der Waals surface area contributed by atoms with Crippen LogP contribution >= 0.6 is 0 Å². The van der Waals surface area contributed by atoms with E-state index in [2.05, 4.69) is 4.74 Å². The Hall–Kier alpha value is -2.20. The molecule has 0 atom stereocenters. The van der Waals surface area contributed by atoms with E-state index in [4.69, 9.17) is 10.2 Å². The summed E-state index contributed by atoms with van der Waals surface area (Å²) in [6.45, 7) is 0. The van der Waals surface area contributed by atoms with Gasteiger partial charge in [0.1, 0.15) is 0 Å². The Kier molecular flexibility index (Phi) is 8.60. The molecule has 1 aromatic rings. The molecule has 0 heterocycles. The molecule has 3 rings (SSSR count). The zero-order valence-electron chi connectivity index (χ0n) is 16.1. The van der Waals surface area contributed by atoms with E-state index < -0.39 is 53.0 Å². The average molecular weight is 436 g/mol. The number of aliphatic hydroxyl groups excluding tert-OH is 2. The van der Waals surface area contributed by atoms with E-state index in [1.807, 2.05) is 0 Å². The molecule has 1 aromatic carbocycles. The van der Waals surface area contributed by atoms with Crippen LogP contribution in [-0.2, 0) is 9.59 Å². The van der Waals surface area contributed by atoms with E-state index in [9.17, 15) is 32.3 Å². The fourth-order valence-corrected chi connectivity index (χ4v) is 3.46. The summed E-state index contributed by atoms with van der Waals surface area (Å²) in [5.41, 5.74) is 0. The Morgan fingerprint density at radius 2 is 1.17 bits per heavy atom. The summed E-state index contributed by atoms with van der Waals surface area (Å²) in [6.07, 6.45) is 3.11. The normalized spacial score (nSPS) is 26.3. The molecule has 0 saturated heterocycles. The molecular weight excluding hydrogens is 412 g/mol. The average Bonchev–Trinajstić information content (AvgIpc) is 2.71. The van der Waals surface area contributed by atoms with E-state index >= 15 is 0 Å². The number of carboxylic acids is 1. The van der Waals surface area contributed by atoms with Gasteiger partial charge >= 0.3 is 11.9 Å². The summed E-state index contributed by atoms with van der Waals surface area (Å²) in [5, 5.41) is 26.8. The maximum atomic E-state index is 13.3. The van der Waals surface area contributed by atoms with Gasteiger partial charge in [-0.05, 0) is 51.4 Å². The molecule has 0 amide bonds. The van der Waals surface area contributed by atoms with Crippen LogP contribution in [0.4, 0.5) is 17.6 Å². The molecule has 0 aliphatic heterocycles. The number of rotatable bonds is 3. The van der Waals surface area contributed by atoms with Gasteiger partial charge in [-0.25, -0.2) is 8.78 Å². The molecule has 30 heavy (non-hydrogen) atoms. The number of esters is 1. The van der Waals surface area contributed by atoms with Crippen LogP contribution in [0.15, 0.2) is 6.07 Å². The first-order chi connectivity index (χ1) is 14.1. The van der Waals surface area contributed by atoms with Crippen LogP contribution in [0.5, 0.6) is 5.75 Å². The number of aliphatic carboxylic acids is 1. The molecule has 2 aliphatic carbocycles. The van der Waals surface area contributed by atoms with Gasteiger partial charge in [-0.15, -0.1) is 0 Å². The lowest BCUT2D eigenvalue weighted by atomic mass is 9.87. The minimum absolute atomic E-state index is 0.0406. The minimum Gasteiger partial charge on any atom is -0.481 e. The smallest absolute Gasteiger partial charge is 0.314 e. The Bertz CT molecular complexity index is 730. The second kappa shape index (κ2) is 10.7. The Labute approximate surface area is 170 Å². The SMILES string of the molecule is O=C(O)C1CCC(O)CC1.O=C(Oc1c(F)c(F)cc(F)c1F)C1CCC(O)CC1. The van der Waals surface area contributed by atoms with E-state index in [0.29, 0.717) is 51.4 Å². The third-order valence-electron chi connectivity index (χ3n) is 5.35. The topological polar surface area (TPSA) is 104 Å². The van der Waals surface area contributed by atoms with Gasteiger partial charge in [0.15, 0.2) is 11.6 Å². The van der Waals surface area contributed by atoms with Gasteiger partial charge in [-0.2, -0.15) is 8.78 Å². The lowest BCUT2D eigenvalue weighted by Crippen LogP contribution is -2.28. The van der Waals surface area contributed by atoms with Crippen LogP contribution in [-0.4, -0.2) is 39.5 Å². The number of aliphatic hydroxyl groups is 2. The Morgan fingerprint density at radius 3 is 1.57 bits per heavy atom. The van der Waals surface area contributed by atoms with Crippen molar-refractivity contribution in [3.63, 3.8) is 0 Å². The van der Waals surface area contributed by atoms with Gasteiger partial charge in [0.25, 0.3) is 0 Å². The first kappa shape index (κ1) is 24.1. The van der Waals surface area contributed by atoms with Gasteiger partial charge < -0.3 is 20.1 Å². The second-order valence-electron chi connectivity index (χ2n) is 7.57. The third kappa shape index (κ3) is 6.40. The zero-order chi connectivity index (χ0) is 22.4. The van der Waals surface area contributed by atoms with Crippen molar-refractivity contribution in [2.75, 3.05) is 0 Å². The van der Waals surface area contributed by atoms with Crippen LogP contribution in [0, 0.1) is 35.1 Å². The van der Waals surface area contributed by atoms with Crippen LogP contribution in [0.1, 0.15) is 51.4 Å². The quantitative estimate of drug-likeness (QED) is 0.291. The van der Waals surface area contributed by atoms with Crippen molar-refractivity contribution >= 4 is 11.9 Å². The number of hydrogen-bond acceptors (Lipinski definition) is 5. The van der Waals surface area contributed by atoms with Crippen molar-refractivity contribution in [3.05, 3.63) is 29.3 Å². The highest BCUT2D eigenvalue weighted by atomic mass is 19.2. The molecule has 0 spiro atoms. The van der Waals surface area contributed by atoms with Crippen LogP contribution in [0.3, 0.4) is 0 Å². The monoisotopic (exact) mass is 436 g/mol. The molecule has 0 aromatic heterocycles. The summed E-state index contributed by atoms with van der Waals surface area (Å²) in [5.74, 6) is -10.6. The highest BCUT2D eigenvalue weighted by Gasteiger charge is 2.30. The fraction of sp³-hybridized carbons (Fsp3) is 0.600. The maximum absolute atomic E-state index is 13.3. The number of carbonyl (C=O) groups excluding carboxylic acids is 1. The Balaban J connectivity index is 0.000000269. The third-order valence-corrected chi connectivity index (χ3v) is 5.35. The second-order valence-corrected chi connectivity index (χ2v) is 7.57. The van der Waals surface area contributed by atoms with Crippen LogP contribution in [0.25, 0.3) is 0 Å². The molecule has 0 radical (unpaired) electrons. The largest absolute Gasteiger partial charge is 0.481 e. The van der Waals surface area contributed by atoms with Gasteiger partial charge in [-0.3, -0.25) is 9.59 Å². The first-order valence-electron chi connectivity index (χ1n) is 9.73. The van der Waals surface area contributed by atoms with Gasteiger partial charge in [0.05, 0.1) is 24.0 Å². The number of benzene rings is 1. The molecule has 0 bridgehead atoms. The number of hydrogen-bond donors (Lipinski definition) is 3. The standard InChI is InChI=1S/C13H12F4O3.C7H12O3/c14-8-5-9(15)11(17)12(10(8)16)20-13(19)6-1-3-7(18)4-2-6;8-6-3-1-5(2-4-6)7(9)10/h5-7,18H,1-4H2;5-6,8H,1-4H2,(H,9,10). The van der Waals surface area contributed by atoms with Crippen molar-refractivity contribution in [2.45, 2.75) is 63.6 Å². The van der Waals surface area contributed by atoms with Gasteiger partial charge in [-0.1, -0.05) is 0 Å². The summed E-state index contributed by atoms with van der Waals surface area (Å²) in [7, 11) is 0. The molecule has 6 nitrogen and oxygen atoms in total. The number of carbonyl (C=O) groups is 2. The molecule has 10 heteroatoms. The van der Waals surface area contributed by atoms with Crippen LogP contribution < -0.4 is 4.74 Å². The molecule has 2 fully saturated rings. The first-order valence-corrected chi connectivity index (χ1v) is 9.73. The summed E-state index contributed by atoms with van der Waals surface area (Å²) in [6, 6.07) is 0.0406. The highest BCUT2D eigenvalue weighted by molar-refractivity contribution is 5.75. The number of halogens is 4. The molecule has 0 unspecified atom stereocenters. The summed E-state index contributed by atoms with van der Waals surface area (Å²) >= 11 is 0. The minimum atomic E-state index is -1.74. The van der Waals surface area contributed by atoms with Crippen molar-refractivity contribution in [3.8, 4) is 5.75 Å². The zero-order valence-corrected chi connectivity index (χ0v) is 16.1. The Morgan fingerprint density at radius 1 is 0.767 bits per heavy atom. The van der Waals surface area contributed by atoms with E-state index in [0.717, 1.165) is 0 Å². The molecular formula is C20H24F4O6. The summed E-state index contributed by atoms with van der Waals surface area (Å²) < 4.78 is 57.0. The van der Waals surface area contributed by atoms with Crippen molar-refractivity contribution in [2.24, 2.45) is 11.8 Å². The van der Waals surface area contributed by atoms with Crippen LogP contribution in [0.2, 0.25) is 0 Å². The highest BCUT2D eigenvalue weighted by Crippen LogP contribution is 2.30. The molecule has 2 aliphatic rings. The van der Waals surface area contributed by atoms with E-state index in [-0.39, 0.29) is 18.1 Å². The lowest BCUT2D eigenvalue weighted by Gasteiger charge is -2.23. The molecule has 3 N–H and O–H groups in total. The van der Waals surface area contributed by atoms with Gasteiger partial charge in [0, 0.05) is 6.07 Å². The predicted molar refractivity (Wildman–Crippen MR) is 95.5 cm³/mol. The van der Waals surface area contributed by atoms with E-state index in [1.165, 1.54) is 0 Å². The molecule has 168 valence electrons. The maximum Gasteiger partial charge on any atom is 0.314 e.